The van der Waals surface area contributed by atoms with E-state index in [-0.39, 0.29) is 0 Å². The minimum Gasteiger partial charge on any atom is -0.389 e. The summed E-state index contributed by atoms with van der Waals surface area (Å²) in [5.74, 6) is 0. The third-order valence-corrected chi connectivity index (χ3v) is 2.71. The number of aliphatic hydroxyl groups is 1. The summed E-state index contributed by atoms with van der Waals surface area (Å²) in [5, 5.41) is 12.9. The Balaban J connectivity index is 2.25. The van der Waals surface area contributed by atoms with Crippen LogP contribution in [-0.2, 0) is 0 Å². The summed E-state index contributed by atoms with van der Waals surface area (Å²) >= 11 is 0. The molecule has 3 heteroatoms. The number of rotatable bonds is 3. The van der Waals surface area contributed by atoms with Crippen molar-refractivity contribution in [2.75, 3.05) is 20.1 Å². The lowest BCUT2D eigenvalue weighted by molar-refractivity contribution is 0.0767. The van der Waals surface area contributed by atoms with E-state index in [0.717, 1.165) is 6.54 Å². The van der Waals surface area contributed by atoms with Crippen LogP contribution in [0.5, 0.6) is 0 Å². The van der Waals surface area contributed by atoms with E-state index in [2.05, 4.69) is 24.2 Å². The molecular formula is C10H22N2O. The average molecular weight is 186 g/mol. The van der Waals surface area contributed by atoms with Crippen molar-refractivity contribution in [1.29, 1.82) is 0 Å². The van der Waals surface area contributed by atoms with Gasteiger partial charge in [0, 0.05) is 25.2 Å². The molecule has 1 heterocycles. The zero-order valence-electron chi connectivity index (χ0n) is 9.17. The highest BCUT2D eigenvalue weighted by Gasteiger charge is 2.26. The van der Waals surface area contributed by atoms with Gasteiger partial charge < -0.3 is 15.3 Å². The van der Waals surface area contributed by atoms with Gasteiger partial charge in [-0.25, -0.2) is 0 Å². The zero-order chi connectivity index (χ0) is 10.1. The summed E-state index contributed by atoms with van der Waals surface area (Å²) in [6, 6.07) is 1.21. The molecule has 0 spiro atoms. The first kappa shape index (κ1) is 11.0. The molecule has 2 atom stereocenters. The Morgan fingerprint density at radius 3 is 2.54 bits per heavy atom. The molecule has 1 fully saturated rings. The van der Waals surface area contributed by atoms with Gasteiger partial charge in [-0.3, -0.25) is 0 Å². The van der Waals surface area contributed by atoms with E-state index in [1.807, 2.05) is 13.8 Å². The molecule has 1 aliphatic heterocycles. The van der Waals surface area contributed by atoms with Gasteiger partial charge in [0.1, 0.15) is 0 Å². The fourth-order valence-corrected chi connectivity index (χ4v) is 1.74. The fourth-order valence-electron chi connectivity index (χ4n) is 1.74. The Hall–Kier alpha value is -0.120. The Labute approximate surface area is 81.1 Å². The number of likely N-dealkylation sites (tertiary alicyclic amines) is 1. The van der Waals surface area contributed by atoms with Crippen LogP contribution in [0.1, 0.15) is 27.2 Å². The summed E-state index contributed by atoms with van der Waals surface area (Å²) in [6.45, 7) is 7.69. The van der Waals surface area contributed by atoms with Gasteiger partial charge in [-0.2, -0.15) is 0 Å². The molecule has 2 unspecified atom stereocenters. The van der Waals surface area contributed by atoms with Gasteiger partial charge in [-0.05, 0) is 34.2 Å². The maximum Gasteiger partial charge on any atom is 0.0715 e. The average Bonchev–Trinajstić information content (AvgIpc) is 2.27. The molecule has 0 saturated carbocycles. The van der Waals surface area contributed by atoms with Crippen LogP contribution in [0.3, 0.4) is 0 Å². The molecule has 0 aromatic heterocycles. The van der Waals surface area contributed by atoms with Crippen LogP contribution in [-0.4, -0.2) is 47.8 Å². The maximum atomic E-state index is 9.53. The standard InChI is InChI=1S/C10H22N2O/c1-8-5-9(6-12(8)4)11-7-10(2,3)13/h8-9,11,13H,5-7H2,1-4H3. The lowest BCUT2D eigenvalue weighted by Gasteiger charge is -2.21. The zero-order valence-corrected chi connectivity index (χ0v) is 9.17. The van der Waals surface area contributed by atoms with Crippen LogP contribution in [0.2, 0.25) is 0 Å². The van der Waals surface area contributed by atoms with E-state index < -0.39 is 5.60 Å². The second kappa shape index (κ2) is 3.95. The van der Waals surface area contributed by atoms with Gasteiger partial charge >= 0.3 is 0 Å². The SMILES string of the molecule is CC1CC(NCC(C)(C)O)CN1C. The molecule has 1 saturated heterocycles. The third-order valence-electron chi connectivity index (χ3n) is 2.71. The van der Waals surface area contributed by atoms with Crippen LogP contribution in [0.15, 0.2) is 0 Å². The van der Waals surface area contributed by atoms with E-state index in [9.17, 15) is 5.11 Å². The lowest BCUT2D eigenvalue weighted by Crippen LogP contribution is -2.41. The number of likely N-dealkylation sites (N-methyl/N-ethyl adjacent to an activating group) is 1. The van der Waals surface area contributed by atoms with E-state index in [1.54, 1.807) is 0 Å². The number of hydrogen-bond donors (Lipinski definition) is 2. The molecular weight excluding hydrogens is 164 g/mol. The molecule has 0 aromatic carbocycles. The van der Waals surface area contributed by atoms with Gasteiger partial charge in [0.15, 0.2) is 0 Å². The number of nitrogens with one attached hydrogen (secondary N) is 1. The third kappa shape index (κ3) is 3.63. The molecule has 2 N–H and O–H groups in total. The quantitative estimate of drug-likeness (QED) is 0.671. The van der Waals surface area contributed by atoms with Crippen molar-refractivity contribution in [3.8, 4) is 0 Å². The molecule has 0 aromatic rings. The van der Waals surface area contributed by atoms with Crippen molar-refractivity contribution in [3.63, 3.8) is 0 Å². The molecule has 0 radical (unpaired) electrons. The maximum absolute atomic E-state index is 9.53. The summed E-state index contributed by atoms with van der Waals surface area (Å²) in [5.41, 5.74) is -0.593. The molecule has 0 aliphatic carbocycles. The van der Waals surface area contributed by atoms with E-state index in [0.29, 0.717) is 18.6 Å². The van der Waals surface area contributed by atoms with Crippen molar-refractivity contribution in [3.05, 3.63) is 0 Å². The second-order valence-electron chi connectivity index (χ2n) is 4.91. The first-order valence-electron chi connectivity index (χ1n) is 5.04. The van der Waals surface area contributed by atoms with Crippen molar-refractivity contribution in [2.45, 2.75) is 44.9 Å². The Morgan fingerprint density at radius 2 is 2.15 bits per heavy atom. The topological polar surface area (TPSA) is 35.5 Å². The van der Waals surface area contributed by atoms with Gasteiger partial charge in [0.2, 0.25) is 0 Å². The smallest absolute Gasteiger partial charge is 0.0715 e. The molecule has 78 valence electrons. The van der Waals surface area contributed by atoms with Crippen molar-refractivity contribution in [2.24, 2.45) is 0 Å². The number of hydrogen-bond acceptors (Lipinski definition) is 3. The highest BCUT2D eigenvalue weighted by atomic mass is 16.3. The first-order valence-corrected chi connectivity index (χ1v) is 5.04. The summed E-state index contributed by atoms with van der Waals surface area (Å²) in [4.78, 5) is 2.35. The largest absolute Gasteiger partial charge is 0.389 e. The van der Waals surface area contributed by atoms with Crippen molar-refractivity contribution < 1.29 is 5.11 Å². The van der Waals surface area contributed by atoms with Crippen molar-refractivity contribution >= 4 is 0 Å². The van der Waals surface area contributed by atoms with E-state index in [1.165, 1.54) is 6.42 Å². The minimum atomic E-state index is -0.593. The van der Waals surface area contributed by atoms with Gasteiger partial charge in [0.25, 0.3) is 0 Å². The number of nitrogens with zero attached hydrogens (tertiary/aromatic N) is 1. The van der Waals surface area contributed by atoms with E-state index in [4.69, 9.17) is 0 Å². The van der Waals surface area contributed by atoms with Crippen LogP contribution in [0.25, 0.3) is 0 Å². The molecule has 13 heavy (non-hydrogen) atoms. The minimum absolute atomic E-state index is 0.548. The highest BCUT2D eigenvalue weighted by molar-refractivity contribution is 4.86. The van der Waals surface area contributed by atoms with Crippen LogP contribution in [0, 0.1) is 0 Å². The predicted molar refractivity (Wildman–Crippen MR) is 54.8 cm³/mol. The lowest BCUT2D eigenvalue weighted by atomic mass is 10.1. The van der Waals surface area contributed by atoms with Crippen LogP contribution in [0.4, 0.5) is 0 Å². The Morgan fingerprint density at radius 1 is 1.54 bits per heavy atom. The molecule has 0 amide bonds. The molecule has 0 bridgehead atoms. The molecule has 1 aliphatic rings. The fraction of sp³-hybridized carbons (Fsp3) is 1.00. The Bertz CT molecular complexity index is 155. The second-order valence-corrected chi connectivity index (χ2v) is 4.91. The van der Waals surface area contributed by atoms with Gasteiger partial charge in [-0.15, -0.1) is 0 Å². The predicted octanol–water partition coefficient (Wildman–Crippen LogP) is 0.440. The molecule has 1 rings (SSSR count). The normalized spacial score (nSPS) is 31.2. The monoisotopic (exact) mass is 186 g/mol. The summed E-state index contributed by atoms with van der Waals surface area (Å²) in [6.07, 6.45) is 1.19. The van der Waals surface area contributed by atoms with Crippen LogP contribution < -0.4 is 5.32 Å². The highest BCUT2D eigenvalue weighted by Crippen LogP contribution is 2.15. The Kier molecular flexibility index (Phi) is 3.33. The van der Waals surface area contributed by atoms with Gasteiger partial charge in [-0.1, -0.05) is 0 Å². The van der Waals surface area contributed by atoms with Gasteiger partial charge in [0.05, 0.1) is 5.60 Å². The summed E-state index contributed by atoms with van der Waals surface area (Å²) < 4.78 is 0. The first-order chi connectivity index (χ1) is 5.88. The van der Waals surface area contributed by atoms with Crippen LogP contribution >= 0.6 is 0 Å². The van der Waals surface area contributed by atoms with E-state index >= 15 is 0 Å². The summed E-state index contributed by atoms with van der Waals surface area (Å²) in [7, 11) is 2.15. The molecule has 3 nitrogen and oxygen atoms in total. The van der Waals surface area contributed by atoms with Crippen molar-refractivity contribution in [1.82, 2.24) is 10.2 Å².